The Bertz CT molecular complexity index is 1010. The van der Waals surface area contributed by atoms with Gasteiger partial charge in [0.15, 0.2) is 0 Å². The topological polar surface area (TPSA) is 68.8 Å². The van der Waals surface area contributed by atoms with Crippen molar-refractivity contribution >= 4 is 32.9 Å². The van der Waals surface area contributed by atoms with Gasteiger partial charge in [0, 0.05) is 59.0 Å². The zero-order valence-electron chi connectivity index (χ0n) is 13.4. The van der Waals surface area contributed by atoms with E-state index < -0.39 is 0 Å². The summed E-state index contributed by atoms with van der Waals surface area (Å²) in [5.41, 5.74) is 11.7. The first kappa shape index (κ1) is 14.7. The number of nitrogens with one attached hydrogen (secondary N) is 1. The summed E-state index contributed by atoms with van der Waals surface area (Å²) < 4.78 is 2.94. The quantitative estimate of drug-likeness (QED) is 0.594. The monoisotopic (exact) mass is 335 g/mol. The van der Waals surface area contributed by atoms with Crippen LogP contribution in [-0.2, 0) is 7.05 Å². The Kier molecular flexibility index (Phi) is 3.46. The Balaban J connectivity index is 1.92. The third-order valence-electron chi connectivity index (χ3n) is 4.12. The van der Waals surface area contributed by atoms with Crippen LogP contribution in [0.25, 0.3) is 32.3 Å². The molecule has 120 valence electrons. The number of aromatic nitrogens is 3. The van der Waals surface area contributed by atoms with Crippen molar-refractivity contribution < 1.29 is 0 Å². The fourth-order valence-corrected chi connectivity index (χ4v) is 3.98. The lowest BCUT2D eigenvalue weighted by atomic mass is 10.0. The van der Waals surface area contributed by atoms with Gasteiger partial charge in [-0.3, -0.25) is 4.68 Å². The fraction of sp³-hybridized carbons (Fsp3) is 0.111. The minimum atomic E-state index is 0.562. The summed E-state index contributed by atoms with van der Waals surface area (Å²) in [4.78, 5) is 4.42. The van der Waals surface area contributed by atoms with Crippen LogP contribution in [0.3, 0.4) is 0 Å². The Labute approximate surface area is 143 Å². The lowest BCUT2D eigenvalue weighted by Crippen LogP contribution is -1.92. The summed E-state index contributed by atoms with van der Waals surface area (Å²) in [6.07, 6.45) is 5.68. The van der Waals surface area contributed by atoms with Crippen molar-refractivity contribution in [2.24, 2.45) is 7.05 Å². The molecule has 0 bridgehead atoms. The standard InChI is InChI=1S/C18H17N5S/c1-20-13-5-3-11(4-6-13)15-10-24-17-14(8-21-18(19)16(15)17)12-7-22-23(2)9-12/h3-10,20H,1-2H3,(H2,19,21). The SMILES string of the molecule is CNc1ccc(-c2csc3c(-c4cnn(C)c4)cnc(N)c23)cc1. The molecule has 0 unspecified atom stereocenters. The van der Waals surface area contributed by atoms with Crippen LogP contribution in [0.15, 0.2) is 48.2 Å². The predicted octanol–water partition coefficient (Wildman–Crippen LogP) is 3.99. The molecule has 4 aromatic rings. The van der Waals surface area contributed by atoms with E-state index in [9.17, 15) is 0 Å². The van der Waals surface area contributed by atoms with Gasteiger partial charge < -0.3 is 11.1 Å². The molecule has 0 amide bonds. The summed E-state index contributed by atoms with van der Waals surface area (Å²) in [6.45, 7) is 0. The van der Waals surface area contributed by atoms with E-state index in [2.05, 4.69) is 45.0 Å². The molecule has 3 heterocycles. The molecule has 0 atom stereocenters. The Morgan fingerprint density at radius 1 is 1.08 bits per heavy atom. The molecule has 0 aliphatic carbocycles. The van der Waals surface area contributed by atoms with Crippen molar-refractivity contribution in [3.8, 4) is 22.3 Å². The molecule has 3 aromatic heterocycles. The van der Waals surface area contributed by atoms with E-state index in [-0.39, 0.29) is 0 Å². The van der Waals surface area contributed by atoms with Crippen LogP contribution >= 0.6 is 11.3 Å². The second-order valence-corrected chi connectivity index (χ2v) is 6.52. The van der Waals surface area contributed by atoms with Gasteiger partial charge in [-0.25, -0.2) is 4.98 Å². The first-order valence-corrected chi connectivity index (χ1v) is 8.48. The number of fused-ring (bicyclic) bond motifs is 1. The number of hydrogen-bond acceptors (Lipinski definition) is 5. The highest BCUT2D eigenvalue weighted by Crippen LogP contribution is 2.41. The van der Waals surface area contributed by atoms with Crippen LogP contribution in [0.4, 0.5) is 11.5 Å². The van der Waals surface area contributed by atoms with E-state index in [0.29, 0.717) is 5.82 Å². The number of nitrogen functional groups attached to an aromatic ring is 1. The van der Waals surface area contributed by atoms with Crippen molar-refractivity contribution in [1.82, 2.24) is 14.8 Å². The van der Waals surface area contributed by atoms with E-state index in [0.717, 1.165) is 38.0 Å². The van der Waals surface area contributed by atoms with E-state index in [1.165, 1.54) is 0 Å². The Morgan fingerprint density at radius 2 is 1.88 bits per heavy atom. The van der Waals surface area contributed by atoms with E-state index in [1.54, 1.807) is 16.0 Å². The molecule has 1 aromatic carbocycles. The molecule has 5 nitrogen and oxygen atoms in total. The number of aryl methyl sites for hydroxylation is 1. The number of benzene rings is 1. The minimum Gasteiger partial charge on any atom is -0.388 e. The first-order chi connectivity index (χ1) is 11.7. The van der Waals surface area contributed by atoms with E-state index in [4.69, 9.17) is 5.73 Å². The smallest absolute Gasteiger partial charge is 0.132 e. The summed E-state index contributed by atoms with van der Waals surface area (Å²) in [7, 11) is 3.83. The van der Waals surface area contributed by atoms with Gasteiger partial charge in [-0.15, -0.1) is 11.3 Å². The molecule has 4 rings (SSSR count). The number of nitrogens with zero attached hydrogens (tertiary/aromatic N) is 3. The molecule has 0 spiro atoms. The van der Waals surface area contributed by atoms with Gasteiger partial charge in [0.2, 0.25) is 0 Å². The average molecular weight is 335 g/mol. The summed E-state index contributed by atoms with van der Waals surface area (Å²) >= 11 is 1.69. The third kappa shape index (κ3) is 2.32. The fourth-order valence-electron chi connectivity index (χ4n) is 2.86. The van der Waals surface area contributed by atoms with E-state index >= 15 is 0 Å². The number of thiophene rings is 1. The predicted molar refractivity (Wildman–Crippen MR) is 101 cm³/mol. The summed E-state index contributed by atoms with van der Waals surface area (Å²) in [5, 5.41) is 10.6. The molecule has 0 saturated heterocycles. The van der Waals surface area contributed by atoms with Crippen molar-refractivity contribution in [2.45, 2.75) is 0 Å². The number of rotatable bonds is 3. The maximum atomic E-state index is 6.21. The molecule has 6 heteroatoms. The molecule has 0 aliphatic rings. The first-order valence-electron chi connectivity index (χ1n) is 7.60. The molecule has 0 aliphatic heterocycles. The largest absolute Gasteiger partial charge is 0.388 e. The molecular formula is C18H17N5S. The van der Waals surface area contributed by atoms with Gasteiger partial charge in [-0.05, 0) is 23.1 Å². The lowest BCUT2D eigenvalue weighted by molar-refractivity contribution is 0.768. The maximum Gasteiger partial charge on any atom is 0.132 e. The van der Waals surface area contributed by atoms with E-state index in [1.807, 2.05) is 32.7 Å². The highest BCUT2D eigenvalue weighted by molar-refractivity contribution is 7.18. The second kappa shape index (κ2) is 5.65. The number of nitrogens with two attached hydrogens (primary N) is 1. The normalized spacial score (nSPS) is 11.1. The van der Waals surface area contributed by atoms with Gasteiger partial charge in [-0.2, -0.15) is 5.10 Å². The number of anilines is 2. The van der Waals surface area contributed by atoms with Crippen LogP contribution < -0.4 is 11.1 Å². The molecule has 0 fully saturated rings. The van der Waals surface area contributed by atoms with Crippen LogP contribution in [-0.4, -0.2) is 21.8 Å². The van der Waals surface area contributed by atoms with Crippen LogP contribution in [0, 0.1) is 0 Å². The highest BCUT2D eigenvalue weighted by atomic mass is 32.1. The summed E-state index contributed by atoms with van der Waals surface area (Å²) in [6, 6.07) is 8.33. The number of hydrogen-bond donors (Lipinski definition) is 2. The van der Waals surface area contributed by atoms with Crippen LogP contribution in [0.5, 0.6) is 0 Å². The zero-order chi connectivity index (χ0) is 16.7. The van der Waals surface area contributed by atoms with Gasteiger partial charge in [0.25, 0.3) is 0 Å². The molecule has 24 heavy (non-hydrogen) atoms. The average Bonchev–Trinajstić information content (AvgIpc) is 3.23. The summed E-state index contributed by atoms with van der Waals surface area (Å²) in [5.74, 6) is 0.562. The van der Waals surface area contributed by atoms with Gasteiger partial charge in [-0.1, -0.05) is 12.1 Å². The van der Waals surface area contributed by atoms with Gasteiger partial charge in [0.05, 0.1) is 6.20 Å². The van der Waals surface area contributed by atoms with Crippen LogP contribution in [0.1, 0.15) is 0 Å². The Morgan fingerprint density at radius 3 is 2.54 bits per heavy atom. The van der Waals surface area contributed by atoms with Crippen molar-refractivity contribution in [1.29, 1.82) is 0 Å². The zero-order valence-corrected chi connectivity index (χ0v) is 14.3. The molecule has 0 radical (unpaired) electrons. The molecule has 3 N–H and O–H groups in total. The number of pyridine rings is 1. The molecule has 0 saturated carbocycles. The van der Waals surface area contributed by atoms with Gasteiger partial charge >= 0.3 is 0 Å². The van der Waals surface area contributed by atoms with Crippen molar-refractivity contribution in [3.63, 3.8) is 0 Å². The Hall–Kier alpha value is -2.86. The third-order valence-corrected chi connectivity index (χ3v) is 5.14. The minimum absolute atomic E-state index is 0.562. The second-order valence-electron chi connectivity index (χ2n) is 5.64. The van der Waals surface area contributed by atoms with Crippen molar-refractivity contribution in [2.75, 3.05) is 18.1 Å². The highest BCUT2D eigenvalue weighted by Gasteiger charge is 2.15. The lowest BCUT2D eigenvalue weighted by Gasteiger charge is -2.06. The van der Waals surface area contributed by atoms with Crippen LogP contribution in [0.2, 0.25) is 0 Å². The molecular weight excluding hydrogens is 318 g/mol. The van der Waals surface area contributed by atoms with Gasteiger partial charge in [0.1, 0.15) is 5.82 Å². The van der Waals surface area contributed by atoms with Crippen molar-refractivity contribution in [3.05, 3.63) is 48.2 Å². The maximum absolute atomic E-state index is 6.21.